The Balaban J connectivity index is 2.75. The molecule has 0 aromatic heterocycles. The lowest BCUT2D eigenvalue weighted by atomic mass is 9.82. The van der Waals surface area contributed by atoms with E-state index in [1.807, 2.05) is 0 Å². The van der Waals surface area contributed by atoms with Crippen LogP contribution in [-0.4, -0.2) is 58.1 Å². The van der Waals surface area contributed by atoms with E-state index >= 15 is 0 Å². The van der Waals surface area contributed by atoms with Crippen LogP contribution in [0.2, 0.25) is 0 Å². The molecule has 0 aromatic carbocycles. The Bertz CT molecular complexity index is 530. The monoisotopic (exact) mass is 399 g/mol. The molecular weight excluding hydrogens is 362 g/mol. The van der Waals surface area contributed by atoms with Gasteiger partial charge in [0.25, 0.3) is 0 Å². The van der Waals surface area contributed by atoms with Crippen molar-refractivity contribution in [1.82, 2.24) is 10.6 Å². The Morgan fingerprint density at radius 3 is 2.18 bits per heavy atom. The number of carbonyl (C=O) groups is 3. The highest BCUT2D eigenvalue weighted by Gasteiger charge is 2.35. The van der Waals surface area contributed by atoms with Gasteiger partial charge in [0, 0.05) is 5.92 Å². The number of rotatable bonds is 11. The van der Waals surface area contributed by atoms with Crippen molar-refractivity contribution in [1.29, 1.82) is 0 Å². The van der Waals surface area contributed by atoms with Crippen molar-refractivity contribution >= 4 is 17.6 Å². The molecule has 0 aromatic rings. The van der Waals surface area contributed by atoms with E-state index in [-0.39, 0.29) is 18.1 Å². The second-order valence-electron chi connectivity index (χ2n) is 8.30. The number of ketones is 1. The quantitative estimate of drug-likeness (QED) is 0.340. The summed E-state index contributed by atoms with van der Waals surface area (Å²) >= 11 is 0. The summed E-state index contributed by atoms with van der Waals surface area (Å²) in [7, 11) is 0. The molecule has 1 rings (SSSR count). The fourth-order valence-corrected chi connectivity index (χ4v) is 3.59. The van der Waals surface area contributed by atoms with E-state index in [4.69, 9.17) is 5.73 Å². The number of aliphatic hydroxyl groups excluding tert-OH is 1. The number of hydrogen-bond donors (Lipinski definition) is 5. The van der Waals surface area contributed by atoms with Crippen LogP contribution in [-0.2, 0) is 14.4 Å². The maximum absolute atomic E-state index is 12.7. The van der Waals surface area contributed by atoms with Gasteiger partial charge in [0.1, 0.15) is 6.04 Å². The number of amides is 2. The van der Waals surface area contributed by atoms with Crippen LogP contribution in [0.15, 0.2) is 0 Å². The van der Waals surface area contributed by atoms with Gasteiger partial charge in [-0.1, -0.05) is 33.1 Å². The van der Waals surface area contributed by atoms with Crippen molar-refractivity contribution in [3.63, 3.8) is 0 Å². The maximum atomic E-state index is 12.7. The molecule has 1 aliphatic carbocycles. The maximum Gasteiger partial charge on any atom is 0.245 e. The highest BCUT2D eigenvalue weighted by molar-refractivity contribution is 5.93. The minimum absolute atomic E-state index is 0.106. The molecular formula is C20H37N3O5. The molecule has 2 amide bonds. The third-order valence-electron chi connectivity index (χ3n) is 5.28. The fraction of sp³-hybridized carbons (Fsp3) is 0.850. The van der Waals surface area contributed by atoms with E-state index in [0.29, 0.717) is 32.2 Å². The van der Waals surface area contributed by atoms with Crippen molar-refractivity contribution in [2.75, 3.05) is 6.54 Å². The third kappa shape index (κ3) is 7.85. The van der Waals surface area contributed by atoms with Gasteiger partial charge in [-0.3, -0.25) is 14.4 Å². The van der Waals surface area contributed by atoms with E-state index in [0.717, 1.165) is 19.3 Å². The molecule has 8 heteroatoms. The van der Waals surface area contributed by atoms with Crippen LogP contribution in [0, 0.1) is 5.92 Å². The summed E-state index contributed by atoms with van der Waals surface area (Å²) in [5.74, 6) is -1.48. The van der Waals surface area contributed by atoms with Crippen molar-refractivity contribution in [3.05, 3.63) is 0 Å². The Morgan fingerprint density at radius 2 is 1.68 bits per heavy atom. The van der Waals surface area contributed by atoms with Crippen LogP contribution in [0.5, 0.6) is 0 Å². The van der Waals surface area contributed by atoms with Crippen LogP contribution in [0.1, 0.15) is 72.1 Å². The lowest BCUT2D eigenvalue weighted by Crippen LogP contribution is -2.56. The van der Waals surface area contributed by atoms with E-state index in [9.17, 15) is 24.6 Å². The molecule has 0 bridgehead atoms. The molecule has 6 N–H and O–H groups in total. The highest BCUT2D eigenvalue weighted by Crippen LogP contribution is 2.30. The molecule has 0 spiro atoms. The first-order valence-electron chi connectivity index (χ1n) is 10.3. The summed E-state index contributed by atoms with van der Waals surface area (Å²) < 4.78 is 0. The minimum atomic E-state index is -1.19. The smallest absolute Gasteiger partial charge is 0.245 e. The van der Waals surface area contributed by atoms with Crippen LogP contribution in [0.3, 0.4) is 0 Å². The Kier molecular flexibility index (Phi) is 10.1. The first kappa shape index (κ1) is 24.5. The molecule has 0 radical (unpaired) electrons. The van der Waals surface area contributed by atoms with Gasteiger partial charge in [-0.2, -0.15) is 0 Å². The Labute approximate surface area is 167 Å². The summed E-state index contributed by atoms with van der Waals surface area (Å²) in [5, 5.41) is 25.7. The second kappa shape index (κ2) is 11.5. The molecule has 8 nitrogen and oxygen atoms in total. The van der Waals surface area contributed by atoms with E-state index in [1.54, 1.807) is 13.8 Å². The number of nitrogens with one attached hydrogen (secondary N) is 2. The molecule has 1 saturated carbocycles. The van der Waals surface area contributed by atoms with Gasteiger partial charge in [-0.25, -0.2) is 0 Å². The first-order valence-corrected chi connectivity index (χ1v) is 10.3. The van der Waals surface area contributed by atoms with Crippen LogP contribution in [0.25, 0.3) is 0 Å². The standard InChI is InChI=1S/C20H37N3O5/c1-13(2)18(26)15(8-7-11-21)22-19(27)17(14(3)24)23-16(25)12-20(28)9-5-4-6-10-20/h13-15,17,24,28H,4-12,21H2,1-3H3,(H,22,27)(H,23,25)/t14?,15-,17-/m0/s1. The van der Waals surface area contributed by atoms with Crippen molar-refractivity contribution in [2.45, 2.75) is 95.9 Å². The number of aliphatic hydroxyl groups is 2. The molecule has 162 valence electrons. The fourth-order valence-electron chi connectivity index (χ4n) is 3.59. The van der Waals surface area contributed by atoms with Gasteiger partial charge in [0.05, 0.1) is 24.2 Å². The predicted molar refractivity (Wildman–Crippen MR) is 106 cm³/mol. The second-order valence-corrected chi connectivity index (χ2v) is 8.30. The molecule has 28 heavy (non-hydrogen) atoms. The normalized spacial score (nSPS) is 19.5. The summed E-state index contributed by atoms with van der Waals surface area (Å²) in [6, 6.07) is -1.91. The van der Waals surface area contributed by atoms with Gasteiger partial charge in [-0.05, 0) is 39.2 Å². The highest BCUT2D eigenvalue weighted by atomic mass is 16.3. The zero-order valence-electron chi connectivity index (χ0n) is 17.4. The Hall–Kier alpha value is -1.51. The minimum Gasteiger partial charge on any atom is -0.391 e. The first-order chi connectivity index (χ1) is 13.1. The number of nitrogens with two attached hydrogens (primary N) is 1. The zero-order valence-corrected chi connectivity index (χ0v) is 17.4. The van der Waals surface area contributed by atoms with Gasteiger partial charge >= 0.3 is 0 Å². The predicted octanol–water partition coefficient (Wildman–Crippen LogP) is 0.386. The average molecular weight is 400 g/mol. The molecule has 3 atom stereocenters. The SMILES string of the molecule is CC(C)C(=O)[C@H](CCCN)NC(=O)[C@@H](NC(=O)CC1(O)CCCCC1)C(C)O. The summed E-state index contributed by atoms with van der Waals surface area (Å²) in [6.45, 7) is 5.30. The van der Waals surface area contributed by atoms with Gasteiger partial charge < -0.3 is 26.6 Å². The number of hydrogen-bond acceptors (Lipinski definition) is 6. The third-order valence-corrected chi connectivity index (χ3v) is 5.28. The Morgan fingerprint density at radius 1 is 1.07 bits per heavy atom. The van der Waals surface area contributed by atoms with Gasteiger partial charge in [0.2, 0.25) is 11.8 Å². The molecule has 1 aliphatic rings. The van der Waals surface area contributed by atoms with Crippen LogP contribution >= 0.6 is 0 Å². The van der Waals surface area contributed by atoms with Crippen molar-refractivity contribution < 1.29 is 24.6 Å². The average Bonchev–Trinajstić information content (AvgIpc) is 2.62. The number of Topliss-reactive ketones (excluding diaryl/α,β-unsaturated/α-hetero) is 1. The lowest BCUT2D eigenvalue weighted by molar-refractivity contribution is -0.136. The van der Waals surface area contributed by atoms with Gasteiger partial charge in [-0.15, -0.1) is 0 Å². The zero-order chi connectivity index (χ0) is 21.3. The van der Waals surface area contributed by atoms with E-state index < -0.39 is 35.6 Å². The van der Waals surface area contributed by atoms with Crippen molar-refractivity contribution in [2.24, 2.45) is 11.7 Å². The topological polar surface area (TPSA) is 142 Å². The van der Waals surface area contributed by atoms with E-state index in [2.05, 4.69) is 10.6 Å². The number of carbonyl (C=O) groups excluding carboxylic acids is 3. The van der Waals surface area contributed by atoms with Crippen molar-refractivity contribution in [3.8, 4) is 0 Å². The largest absolute Gasteiger partial charge is 0.391 e. The molecule has 1 fully saturated rings. The van der Waals surface area contributed by atoms with Gasteiger partial charge in [0.15, 0.2) is 5.78 Å². The summed E-state index contributed by atoms with van der Waals surface area (Å²) in [6.07, 6.45) is 3.60. The molecule has 0 saturated heterocycles. The van der Waals surface area contributed by atoms with E-state index in [1.165, 1.54) is 6.92 Å². The molecule has 0 aliphatic heterocycles. The summed E-state index contributed by atoms with van der Waals surface area (Å²) in [5.41, 5.74) is 4.46. The molecule has 1 unspecified atom stereocenters. The van der Waals surface area contributed by atoms with Crippen LogP contribution < -0.4 is 16.4 Å². The van der Waals surface area contributed by atoms with Crippen LogP contribution in [0.4, 0.5) is 0 Å². The summed E-state index contributed by atoms with van der Waals surface area (Å²) in [4.78, 5) is 37.4. The lowest BCUT2D eigenvalue weighted by Gasteiger charge is -2.32. The molecule has 0 heterocycles.